The van der Waals surface area contributed by atoms with Crippen LogP contribution in [-0.2, 0) is 5.54 Å². The highest BCUT2D eigenvalue weighted by Crippen LogP contribution is 2.39. The first-order chi connectivity index (χ1) is 6.79. The van der Waals surface area contributed by atoms with Crippen LogP contribution in [-0.4, -0.2) is 12.2 Å². The molecule has 0 aromatic heterocycles. The van der Waals surface area contributed by atoms with Gasteiger partial charge in [0.2, 0.25) is 5.82 Å². The Bertz CT molecular complexity index is 388. The second-order valence-corrected chi connectivity index (χ2v) is 4.68. The third-order valence-electron chi connectivity index (χ3n) is 2.05. The van der Waals surface area contributed by atoms with E-state index in [1.165, 1.54) is 7.11 Å². The average Bonchev–Trinajstić information content (AvgIpc) is 2.10. The Hall–Kier alpha value is -0.810. The van der Waals surface area contributed by atoms with Gasteiger partial charge in [-0.3, -0.25) is 0 Å². The number of methoxy groups -OCH3 is 1. The normalized spacial score (nSPS) is 11.6. The van der Waals surface area contributed by atoms with Crippen LogP contribution in [0.15, 0.2) is 10.5 Å². The molecule has 1 aromatic carbocycles. The zero-order chi connectivity index (χ0) is 11.8. The average molecular weight is 278 g/mol. The molecule has 1 aromatic rings. The lowest BCUT2D eigenvalue weighted by atomic mass is 9.94. The molecule has 0 atom stereocenters. The topological polar surface area (TPSA) is 55.5 Å². The highest BCUT2D eigenvalue weighted by Gasteiger charge is 2.25. The van der Waals surface area contributed by atoms with Gasteiger partial charge in [0.1, 0.15) is 0 Å². The maximum absolute atomic E-state index is 13.6. The van der Waals surface area contributed by atoms with Crippen molar-refractivity contribution in [2.45, 2.75) is 19.4 Å². The van der Waals surface area contributed by atoms with Crippen molar-refractivity contribution in [3.63, 3.8) is 0 Å². The van der Waals surface area contributed by atoms with E-state index in [4.69, 9.17) is 10.5 Å². The molecule has 0 heterocycles. The van der Waals surface area contributed by atoms with Gasteiger partial charge in [0.05, 0.1) is 11.6 Å². The molecule has 0 radical (unpaired) electrons. The fourth-order valence-electron chi connectivity index (χ4n) is 1.27. The molecule has 15 heavy (non-hydrogen) atoms. The molecule has 0 unspecified atom stereocenters. The van der Waals surface area contributed by atoms with Crippen molar-refractivity contribution in [1.82, 2.24) is 0 Å². The Morgan fingerprint density at radius 2 is 2.07 bits per heavy atom. The summed E-state index contributed by atoms with van der Waals surface area (Å²) in [6.07, 6.45) is 0. The zero-order valence-electron chi connectivity index (χ0n) is 8.77. The SMILES string of the molecule is COc1c(Br)cc(C(C)(C)N)c(O)c1F. The van der Waals surface area contributed by atoms with Gasteiger partial charge in [-0.15, -0.1) is 0 Å². The van der Waals surface area contributed by atoms with Crippen molar-refractivity contribution in [2.24, 2.45) is 5.73 Å². The minimum atomic E-state index is -0.820. The summed E-state index contributed by atoms with van der Waals surface area (Å²) in [5.74, 6) is -1.30. The van der Waals surface area contributed by atoms with Gasteiger partial charge in [-0.1, -0.05) is 0 Å². The van der Waals surface area contributed by atoms with E-state index in [0.717, 1.165) is 0 Å². The van der Waals surface area contributed by atoms with E-state index in [2.05, 4.69) is 15.9 Å². The van der Waals surface area contributed by atoms with E-state index < -0.39 is 17.1 Å². The summed E-state index contributed by atoms with van der Waals surface area (Å²) in [6, 6.07) is 1.55. The number of phenols is 1. The van der Waals surface area contributed by atoms with Crippen molar-refractivity contribution in [1.29, 1.82) is 0 Å². The summed E-state index contributed by atoms with van der Waals surface area (Å²) in [4.78, 5) is 0. The number of benzene rings is 1. The first-order valence-electron chi connectivity index (χ1n) is 4.33. The van der Waals surface area contributed by atoms with Gasteiger partial charge in [0, 0.05) is 11.1 Å². The van der Waals surface area contributed by atoms with Gasteiger partial charge in [0.25, 0.3) is 0 Å². The number of aromatic hydroxyl groups is 1. The molecule has 5 heteroatoms. The van der Waals surface area contributed by atoms with Gasteiger partial charge in [-0.2, -0.15) is 4.39 Å². The molecule has 3 N–H and O–H groups in total. The standard InChI is InChI=1S/C10H13BrFNO2/c1-10(2,13)5-4-6(11)9(15-3)7(12)8(5)14/h4,14H,13H2,1-3H3. The van der Waals surface area contributed by atoms with Crippen molar-refractivity contribution in [3.8, 4) is 11.5 Å². The zero-order valence-corrected chi connectivity index (χ0v) is 10.4. The predicted molar refractivity (Wildman–Crippen MR) is 59.5 cm³/mol. The monoisotopic (exact) mass is 277 g/mol. The van der Waals surface area contributed by atoms with Gasteiger partial charge in [0.15, 0.2) is 11.5 Å². The molecule has 0 fully saturated rings. The molecule has 0 aliphatic carbocycles. The Morgan fingerprint density at radius 1 is 1.53 bits per heavy atom. The second-order valence-electron chi connectivity index (χ2n) is 3.82. The molecule has 0 bridgehead atoms. The van der Waals surface area contributed by atoms with Crippen LogP contribution in [0.3, 0.4) is 0 Å². The summed E-state index contributed by atoms with van der Waals surface area (Å²) in [6.45, 7) is 3.36. The molecule has 0 saturated carbocycles. The first kappa shape index (κ1) is 12.3. The van der Waals surface area contributed by atoms with Gasteiger partial charge < -0.3 is 15.6 Å². The summed E-state index contributed by atoms with van der Waals surface area (Å²) >= 11 is 3.15. The summed E-state index contributed by atoms with van der Waals surface area (Å²) < 4.78 is 18.8. The second kappa shape index (κ2) is 3.98. The highest BCUT2D eigenvalue weighted by atomic mass is 79.9. The van der Waals surface area contributed by atoms with Crippen LogP contribution in [0.5, 0.6) is 11.5 Å². The van der Waals surface area contributed by atoms with Crippen LogP contribution >= 0.6 is 15.9 Å². The molecule has 1 rings (SSSR count). The van der Waals surface area contributed by atoms with E-state index in [9.17, 15) is 9.50 Å². The first-order valence-corrected chi connectivity index (χ1v) is 5.12. The van der Waals surface area contributed by atoms with Gasteiger partial charge in [-0.05, 0) is 35.8 Å². The Morgan fingerprint density at radius 3 is 2.47 bits per heavy atom. The lowest BCUT2D eigenvalue weighted by Crippen LogP contribution is -2.29. The van der Waals surface area contributed by atoms with Crippen LogP contribution in [0.2, 0.25) is 0 Å². The number of nitrogens with two attached hydrogens (primary N) is 1. The third kappa shape index (κ3) is 2.23. The molecule has 3 nitrogen and oxygen atoms in total. The summed E-state index contributed by atoms with van der Waals surface area (Å²) in [5, 5.41) is 9.61. The van der Waals surface area contributed by atoms with Gasteiger partial charge >= 0.3 is 0 Å². The van der Waals surface area contributed by atoms with Crippen molar-refractivity contribution >= 4 is 15.9 Å². The highest BCUT2D eigenvalue weighted by molar-refractivity contribution is 9.10. The minimum absolute atomic E-state index is 0.0273. The van der Waals surface area contributed by atoms with Crippen molar-refractivity contribution in [3.05, 3.63) is 21.9 Å². The number of hydrogen-bond acceptors (Lipinski definition) is 3. The van der Waals surface area contributed by atoms with Crippen molar-refractivity contribution < 1.29 is 14.2 Å². The number of phenolic OH excluding ortho intramolecular Hbond substituents is 1. The Kier molecular flexibility index (Phi) is 3.25. The van der Waals surface area contributed by atoms with Gasteiger partial charge in [-0.25, -0.2) is 0 Å². The predicted octanol–water partition coefficient (Wildman–Crippen LogP) is 2.50. The molecular formula is C10H13BrFNO2. The van der Waals surface area contributed by atoms with E-state index in [1.54, 1.807) is 19.9 Å². The van der Waals surface area contributed by atoms with Crippen LogP contribution in [0.25, 0.3) is 0 Å². The summed E-state index contributed by atoms with van der Waals surface area (Å²) in [5.41, 5.74) is 5.31. The minimum Gasteiger partial charge on any atom is -0.504 e. The van der Waals surface area contributed by atoms with E-state index >= 15 is 0 Å². The smallest absolute Gasteiger partial charge is 0.208 e. The van der Waals surface area contributed by atoms with E-state index in [-0.39, 0.29) is 5.75 Å². The quantitative estimate of drug-likeness (QED) is 0.873. The largest absolute Gasteiger partial charge is 0.504 e. The molecular weight excluding hydrogens is 265 g/mol. The molecule has 0 aliphatic rings. The van der Waals surface area contributed by atoms with Crippen LogP contribution in [0.4, 0.5) is 4.39 Å². The maximum Gasteiger partial charge on any atom is 0.208 e. The van der Waals surface area contributed by atoms with E-state index in [0.29, 0.717) is 10.0 Å². The van der Waals surface area contributed by atoms with Crippen molar-refractivity contribution in [2.75, 3.05) is 7.11 Å². The number of ether oxygens (including phenoxy) is 1. The fraction of sp³-hybridized carbons (Fsp3) is 0.400. The Labute approximate surface area is 96.2 Å². The molecule has 0 amide bonds. The molecule has 0 aliphatic heterocycles. The number of rotatable bonds is 2. The van der Waals surface area contributed by atoms with Crippen LogP contribution in [0, 0.1) is 5.82 Å². The number of halogens is 2. The van der Waals surface area contributed by atoms with Crippen LogP contribution in [0.1, 0.15) is 19.4 Å². The fourth-order valence-corrected chi connectivity index (χ4v) is 1.83. The Balaban J connectivity index is 3.48. The van der Waals surface area contributed by atoms with Crippen LogP contribution < -0.4 is 10.5 Å². The number of hydrogen-bond donors (Lipinski definition) is 2. The lowest BCUT2D eigenvalue weighted by Gasteiger charge is -2.22. The molecule has 0 saturated heterocycles. The molecule has 0 spiro atoms. The molecule has 84 valence electrons. The summed E-state index contributed by atoms with van der Waals surface area (Å²) in [7, 11) is 1.33. The lowest BCUT2D eigenvalue weighted by molar-refractivity contribution is 0.353. The third-order valence-corrected chi connectivity index (χ3v) is 2.64. The van der Waals surface area contributed by atoms with E-state index in [1.807, 2.05) is 0 Å². The maximum atomic E-state index is 13.6.